The fraction of sp³-hybridized carbons (Fsp3) is 0.241. The van der Waals surface area contributed by atoms with E-state index >= 15 is 0 Å². The zero-order valence-corrected chi connectivity index (χ0v) is 20.9. The molecule has 35 heavy (non-hydrogen) atoms. The Morgan fingerprint density at radius 3 is 2.69 bits per heavy atom. The Hall–Kier alpha value is -3.53. The summed E-state index contributed by atoms with van der Waals surface area (Å²) in [5.74, 6) is 6.39. The van der Waals surface area contributed by atoms with Gasteiger partial charge in [-0.05, 0) is 66.4 Å². The van der Waals surface area contributed by atoms with Gasteiger partial charge in [0, 0.05) is 46.8 Å². The maximum atomic E-state index is 12.2. The monoisotopic (exact) mass is 483 g/mol. The molecule has 0 atom stereocenters. The van der Waals surface area contributed by atoms with Gasteiger partial charge in [-0.1, -0.05) is 42.8 Å². The molecule has 1 aliphatic heterocycles. The standard InChI is InChI=1S/C29H29N3O2S/c1-3-17-34-18-16-31-23-11-8-21(9-12-23)10-15-27-25-14-13-24(19-22(25)20-32-27)35-28-7-5-4-6-26(28)29(33)30-2/h4-9,11-14,19,31H,3,16-18,20H2,1-2H3,(H,30,33). The van der Waals surface area contributed by atoms with E-state index in [2.05, 4.69) is 52.6 Å². The van der Waals surface area contributed by atoms with Crippen LogP contribution >= 0.6 is 11.8 Å². The zero-order valence-electron chi connectivity index (χ0n) is 20.1. The Bertz CT molecular complexity index is 1270. The van der Waals surface area contributed by atoms with Gasteiger partial charge in [-0.3, -0.25) is 9.79 Å². The molecule has 0 saturated heterocycles. The van der Waals surface area contributed by atoms with Crippen LogP contribution in [-0.4, -0.2) is 38.4 Å². The highest BCUT2D eigenvalue weighted by Gasteiger charge is 2.16. The van der Waals surface area contributed by atoms with Crippen LogP contribution in [-0.2, 0) is 11.3 Å². The second-order valence-corrected chi connectivity index (χ2v) is 9.14. The van der Waals surface area contributed by atoms with E-state index in [1.165, 1.54) is 0 Å². The van der Waals surface area contributed by atoms with Crippen molar-refractivity contribution in [2.24, 2.45) is 4.99 Å². The summed E-state index contributed by atoms with van der Waals surface area (Å²) in [5, 5.41) is 6.06. The van der Waals surface area contributed by atoms with Gasteiger partial charge >= 0.3 is 0 Å². The van der Waals surface area contributed by atoms with Crippen LogP contribution in [0.5, 0.6) is 0 Å². The predicted octanol–water partition coefficient (Wildman–Crippen LogP) is 5.39. The van der Waals surface area contributed by atoms with E-state index in [0.29, 0.717) is 18.7 Å². The number of nitrogens with one attached hydrogen (secondary N) is 2. The van der Waals surface area contributed by atoms with Crippen LogP contribution in [0.4, 0.5) is 5.69 Å². The van der Waals surface area contributed by atoms with Crippen molar-refractivity contribution in [2.75, 3.05) is 32.1 Å². The molecule has 0 unspecified atom stereocenters. The van der Waals surface area contributed by atoms with Crippen molar-refractivity contribution >= 4 is 29.1 Å². The van der Waals surface area contributed by atoms with E-state index in [1.807, 2.05) is 48.5 Å². The van der Waals surface area contributed by atoms with Crippen LogP contribution in [0.25, 0.3) is 0 Å². The van der Waals surface area contributed by atoms with Crippen LogP contribution in [0, 0.1) is 11.8 Å². The second-order valence-electron chi connectivity index (χ2n) is 8.03. The third-order valence-corrected chi connectivity index (χ3v) is 6.53. The molecule has 0 saturated carbocycles. The third-order valence-electron chi connectivity index (χ3n) is 5.46. The first-order chi connectivity index (χ1) is 17.2. The fourth-order valence-corrected chi connectivity index (χ4v) is 4.68. The molecule has 1 amide bonds. The Morgan fingerprint density at radius 2 is 1.89 bits per heavy atom. The van der Waals surface area contributed by atoms with Gasteiger partial charge < -0.3 is 15.4 Å². The summed E-state index contributed by atoms with van der Waals surface area (Å²) in [5.41, 5.74) is 5.73. The number of amides is 1. The fourth-order valence-electron chi connectivity index (χ4n) is 3.67. The second kappa shape index (κ2) is 12.3. The van der Waals surface area contributed by atoms with E-state index in [0.717, 1.165) is 57.5 Å². The summed E-state index contributed by atoms with van der Waals surface area (Å²) in [7, 11) is 1.65. The molecular weight excluding hydrogens is 454 g/mol. The molecule has 1 heterocycles. The number of carbonyl (C=O) groups is 1. The van der Waals surface area contributed by atoms with Crippen molar-refractivity contribution in [1.29, 1.82) is 0 Å². The van der Waals surface area contributed by atoms with Gasteiger partial charge in [-0.15, -0.1) is 0 Å². The van der Waals surface area contributed by atoms with Crippen molar-refractivity contribution in [3.63, 3.8) is 0 Å². The summed E-state index contributed by atoms with van der Waals surface area (Å²) < 4.78 is 5.49. The van der Waals surface area contributed by atoms with Gasteiger partial charge in [-0.25, -0.2) is 0 Å². The number of anilines is 1. The predicted molar refractivity (Wildman–Crippen MR) is 144 cm³/mol. The first kappa shape index (κ1) is 24.6. The van der Waals surface area contributed by atoms with Gasteiger partial charge in [0.15, 0.2) is 0 Å². The molecule has 1 aliphatic rings. The quantitative estimate of drug-likeness (QED) is 0.316. The van der Waals surface area contributed by atoms with Gasteiger partial charge in [0.1, 0.15) is 5.71 Å². The molecule has 178 valence electrons. The van der Waals surface area contributed by atoms with Gasteiger partial charge in [0.25, 0.3) is 5.91 Å². The van der Waals surface area contributed by atoms with Crippen molar-refractivity contribution in [1.82, 2.24) is 5.32 Å². The number of hydrogen-bond donors (Lipinski definition) is 2. The topological polar surface area (TPSA) is 62.7 Å². The lowest BCUT2D eigenvalue weighted by molar-refractivity contribution is 0.0960. The minimum absolute atomic E-state index is 0.0834. The number of rotatable bonds is 9. The lowest BCUT2D eigenvalue weighted by atomic mass is 10.1. The summed E-state index contributed by atoms with van der Waals surface area (Å²) >= 11 is 1.58. The zero-order chi connectivity index (χ0) is 24.5. The number of nitrogens with zero attached hydrogens (tertiary/aromatic N) is 1. The normalized spacial score (nSPS) is 11.8. The molecule has 0 aromatic heterocycles. The average molecular weight is 484 g/mol. The Kier molecular flexibility index (Phi) is 8.61. The maximum Gasteiger partial charge on any atom is 0.252 e. The number of benzene rings is 3. The largest absolute Gasteiger partial charge is 0.383 e. The lowest BCUT2D eigenvalue weighted by Crippen LogP contribution is -2.18. The molecule has 0 radical (unpaired) electrons. The van der Waals surface area contributed by atoms with Gasteiger partial charge in [0.2, 0.25) is 0 Å². The summed E-state index contributed by atoms with van der Waals surface area (Å²) in [6.07, 6.45) is 1.04. The number of ether oxygens (including phenoxy) is 1. The highest BCUT2D eigenvalue weighted by molar-refractivity contribution is 7.99. The average Bonchev–Trinajstić information content (AvgIpc) is 3.30. The van der Waals surface area contributed by atoms with E-state index in [-0.39, 0.29) is 5.91 Å². The number of carbonyl (C=O) groups excluding carboxylic acids is 1. The molecule has 6 heteroatoms. The summed E-state index contributed by atoms with van der Waals surface area (Å²) in [4.78, 5) is 18.8. The minimum atomic E-state index is -0.0834. The molecule has 3 aromatic rings. The van der Waals surface area contributed by atoms with E-state index in [1.54, 1.807) is 18.8 Å². The number of hydrogen-bond acceptors (Lipinski definition) is 5. The van der Waals surface area contributed by atoms with Crippen molar-refractivity contribution in [3.8, 4) is 11.8 Å². The van der Waals surface area contributed by atoms with Gasteiger partial charge in [-0.2, -0.15) is 0 Å². The van der Waals surface area contributed by atoms with E-state index in [9.17, 15) is 4.79 Å². The highest BCUT2D eigenvalue weighted by atomic mass is 32.2. The number of aliphatic imine (C=N–C) groups is 1. The molecule has 0 aliphatic carbocycles. The smallest absolute Gasteiger partial charge is 0.252 e. The minimum Gasteiger partial charge on any atom is -0.383 e. The first-order valence-corrected chi connectivity index (χ1v) is 12.6. The van der Waals surface area contributed by atoms with Gasteiger partial charge in [0.05, 0.1) is 18.7 Å². The first-order valence-electron chi connectivity index (χ1n) is 11.8. The van der Waals surface area contributed by atoms with Crippen LogP contribution in [0.3, 0.4) is 0 Å². The van der Waals surface area contributed by atoms with Crippen LogP contribution in [0.2, 0.25) is 0 Å². The van der Waals surface area contributed by atoms with E-state index < -0.39 is 0 Å². The molecule has 2 N–H and O–H groups in total. The van der Waals surface area contributed by atoms with Crippen molar-refractivity contribution in [2.45, 2.75) is 29.7 Å². The van der Waals surface area contributed by atoms with Crippen molar-refractivity contribution in [3.05, 3.63) is 89.0 Å². The molecular formula is C29H29N3O2S. The number of fused-ring (bicyclic) bond motifs is 1. The van der Waals surface area contributed by atoms with Crippen LogP contribution in [0.1, 0.15) is 40.4 Å². The Labute approximate surface area is 211 Å². The lowest BCUT2D eigenvalue weighted by Gasteiger charge is -2.09. The summed E-state index contributed by atoms with van der Waals surface area (Å²) in [6, 6.07) is 22.0. The molecule has 5 nitrogen and oxygen atoms in total. The SMILES string of the molecule is CCCOCCNc1ccc(C#CC2=NCc3cc(Sc4ccccc4C(=O)NC)ccc32)cc1. The molecule has 0 spiro atoms. The molecule has 3 aromatic carbocycles. The summed E-state index contributed by atoms with van der Waals surface area (Å²) in [6.45, 7) is 5.02. The Morgan fingerprint density at radius 1 is 1.06 bits per heavy atom. The van der Waals surface area contributed by atoms with E-state index in [4.69, 9.17) is 4.74 Å². The van der Waals surface area contributed by atoms with Crippen LogP contribution < -0.4 is 10.6 Å². The van der Waals surface area contributed by atoms with Crippen LogP contribution in [0.15, 0.2) is 81.5 Å². The highest BCUT2D eigenvalue weighted by Crippen LogP contribution is 2.33. The third kappa shape index (κ3) is 6.54. The molecule has 0 bridgehead atoms. The van der Waals surface area contributed by atoms with Crippen molar-refractivity contribution < 1.29 is 9.53 Å². The molecule has 0 fully saturated rings. The maximum absolute atomic E-state index is 12.2. The molecule has 4 rings (SSSR count). The Balaban J connectivity index is 1.39.